The molecule has 0 aliphatic rings. The molecule has 0 radical (unpaired) electrons. The van der Waals surface area contributed by atoms with Gasteiger partial charge < -0.3 is 4.74 Å². The van der Waals surface area contributed by atoms with Crippen molar-refractivity contribution in [1.82, 2.24) is 9.78 Å². The molecule has 1 heterocycles. The molecule has 2 aromatic rings. The van der Waals surface area contributed by atoms with E-state index < -0.39 is 0 Å². The molecule has 5 nitrogen and oxygen atoms in total. The molecule has 102 valence electrons. The van der Waals surface area contributed by atoms with Crippen molar-refractivity contribution in [3.05, 3.63) is 45.2 Å². The summed E-state index contributed by atoms with van der Waals surface area (Å²) in [5.41, 5.74) is 3.21. The second-order valence-corrected chi connectivity index (χ2v) is 4.62. The number of benzene rings is 1. The fourth-order valence-electron chi connectivity index (χ4n) is 2.09. The molecule has 0 atom stereocenters. The summed E-state index contributed by atoms with van der Waals surface area (Å²) >= 11 is 0. The van der Waals surface area contributed by atoms with E-state index in [0.717, 1.165) is 22.4 Å². The zero-order chi connectivity index (χ0) is 14.9. The van der Waals surface area contributed by atoms with Gasteiger partial charge in [-0.2, -0.15) is 10.4 Å². The van der Waals surface area contributed by atoms with Crippen LogP contribution in [0, 0.1) is 25.2 Å². The number of nitriles is 1. The highest BCUT2D eigenvalue weighted by Crippen LogP contribution is 2.30. The van der Waals surface area contributed by atoms with Gasteiger partial charge in [-0.25, -0.2) is 4.68 Å². The molecule has 0 saturated heterocycles. The van der Waals surface area contributed by atoms with Gasteiger partial charge >= 0.3 is 0 Å². The SMILES string of the molecule is COc1cc(C)c(-c2nn(C)c(=O)cc2C#N)cc1C. The molecule has 0 aliphatic heterocycles. The first-order chi connectivity index (χ1) is 9.47. The molecular formula is C15H15N3O2. The molecule has 1 aromatic carbocycles. The Morgan fingerprint density at radius 3 is 2.55 bits per heavy atom. The average molecular weight is 269 g/mol. The molecule has 0 aliphatic carbocycles. The maximum atomic E-state index is 11.6. The van der Waals surface area contributed by atoms with Crippen molar-refractivity contribution in [2.75, 3.05) is 7.11 Å². The van der Waals surface area contributed by atoms with Crippen LogP contribution in [0.1, 0.15) is 16.7 Å². The van der Waals surface area contributed by atoms with Gasteiger partial charge in [-0.05, 0) is 37.1 Å². The minimum Gasteiger partial charge on any atom is -0.496 e. The van der Waals surface area contributed by atoms with Crippen molar-refractivity contribution in [1.29, 1.82) is 5.26 Å². The summed E-state index contributed by atoms with van der Waals surface area (Å²) in [7, 11) is 3.19. The highest BCUT2D eigenvalue weighted by Gasteiger charge is 2.14. The topological polar surface area (TPSA) is 67.9 Å². The Labute approximate surface area is 117 Å². The lowest BCUT2D eigenvalue weighted by atomic mass is 9.99. The number of aromatic nitrogens is 2. The highest BCUT2D eigenvalue weighted by molar-refractivity contribution is 5.71. The van der Waals surface area contributed by atoms with Crippen LogP contribution in [0.5, 0.6) is 5.75 Å². The molecular weight excluding hydrogens is 254 g/mol. The Hall–Kier alpha value is -2.61. The molecule has 0 amide bonds. The van der Waals surface area contributed by atoms with Crippen LogP contribution in [0.3, 0.4) is 0 Å². The quantitative estimate of drug-likeness (QED) is 0.835. The van der Waals surface area contributed by atoms with Gasteiger partial charge in [0.25, 0.3) is 5.56 Å². The van der Waals surface area contributed by atoms with Gasteiger partial charge in [-0.1, -0.05) is 0 Å². The number of rotatable bonds is 2. The van der Waals surface area contributed by atoms with Crippen molar-refractivity contribution in [2.24, 2.45) is 7.05 Å². The van der Waals surface area contributed by atoms with Crippen LogP contribution in [0.15, 0.2) is 23.0 Å². The lowest BCUT2D eigenvalue weighted by molar-refractivity contribution is 0.411. The minimum atomic E-state index is -0.298. The van der Waals surface area contributed by atoms with Gasteiger partial charge in [0.1, 0.15) is 17.5 Å². The van der Waals surface area contributed by atoms with E-state index in [4.69, 9.17) is 4.74 Å². The third-order valence-electron chi connectivity index (χ3n) is 3.21. The van der Waals surface area contributed by atoms with Crippen LogP contribution in [0.25, 0.3) is 11.3 Å². The Balaban J connectivity index is 2.75. The average Bonchev–Trinajstić information content (AvgIpc) is 2.43. The number of nitrogens with zero attached hydrogens (tertiary/aromatic N) is 3. The molecule has 0 bridgehead atoms. The normalized spacial score (nSPS) is 10.2. The van der Waals surface area contributed by atoms with Crippen molar-refractivity contribution in [2.45, 2.75) is 13.8 Å². The molecule has 2 rings (SSSR count). The first kappa shape index (κ1) is 13.8. The number of ether oxygens (including phenoxy) is 1. The van der Waals surface area contributed by atoms with Crippen molar-refractivity contribution in [3.8, 4) is 23.1 Å². The molecule has 0 unspecified atom stereocenters. The Bertz CT molecular complexity index is 770. The van der Waals surface area contributed by atoms with E-state index in [-0.39, 0.29) is 11.1 Å². The minimum absolute atomic E-state index is 0.278. The molecule has 0 saturated carbocycles. The maximum absolute atomic E-state index is 11.6. The Kier molecular flexibility index (Phi) is 3.57. The van der Waals surface area contributed by atoms with Crippen LogP contribution in [-0.4, -0.2) is 16.9 Å². The fraction of sp³-hybridized carbons (Fsp3) is 0.267. The van der Waals surface area contributed by atoms with Crippen molar-refractivity contribution < 1.29 is 4.74 Å². The summed E-state index contributed by atoms with van der Waals surface area (Å²) in [6.07, 6.45) is 0. The second kappa shape index (κ2) is 5.17. The lowest BCUT2D eigenvalue weighted by Crippen LogP contribution is -2.20. The van der Waals surface area contributed by atoms with Gasteiger partial charge in [-0.3, -0.25) is 4.79 Å². The van der Waals surface area contributed by atoms with Crippen LogP contribution < -0.4 is 10.3 Å². The number of methoxy groups -OCH3 is 1. The van der Waals surface area contributed by atoms with Crippen LogP contribution in [-0.2, 0) is 7.05 Å². The van der Waals surface area contributed by atoms with Gasteiger partial charge in [-0.15, -0.1) is 0 Å². The molecule has 5 heteroatoms. The van der Waals surface area contributed by atoms with E-state index >= 15 is 0 Å². The predicted octanol–water partition coefficient (Wildman–Crippen LogP) is 1.94. The summed E-state index contributed by atoms with van der Waals surface area (Å²) < 4.78 is 6.51. The molecule has 0 spiro atoms. The standard InChI is InChI=1S/C15H15N3O2/c1-9-6-13(20-4)10(2)5-12(9)15-11(8-16)7-14(19)18(3)17-15/h5-7H,1-4H3. The van der Waals surface area contributed by atoms with Crippen LogP contribution in [0.4, 0.5) is 0 Å². The summed E-state index contributed by atoms with van der Waals surface area (Å²) in [6.45, 7) is 3.85. The van der Waals surface area contributed by atoms with E-state index in [0.29, 0.717) is 5.69 Å². The van der Waals surface area contributed by atoms with Crippen molar-refractivity contribution in [3.63, 3.8) is 0 Å². The molecule has 20 heavy (non-hydrogen) atoms. The third-order valence-corrected chi connectivity index (χ3v) is 3.21. The number of aryl methyl sites for hydroxylation is 3. The third kappa shape index (κ3) is 2.28. The Morgan fingerprint density at radius 2 is 1.95 bits per heavy atom. The van der Waals surface area contributed by atoms with Crippen LogP contribution >= 0.6 is 0 Å². The van der Waals surface area contributed by atoms with E-state index in [2.05, 4.69) is 5.10 Å². The molecule has 0 N–H and O–H groups in total. The van der Waals surface area contributed by atoms with E-state index in [9.17, 15) is 10.1 Å². The monoisotopic (exact) mass is 269 g/mol. The summed E-state index contributed by atoms with van der Waals surface area (Å²) in [6, 6.07) is 7.16. The molecule has 0 fully saturated rings. The van der Waals surface area contributed by atoms with E-state index in [1.807, 2.05) is 32.0 Å². The first-order valence-corrected chi connectivity index (χ1v) is 6.12. The van der Waals surface area contributed by atoms with Gasteiger partial charge in [0.05, 0.1) is 12.7 Å². The lowest BCUT2D eigenvalue weighted by Gasteiger charge is -2.12. The summed E-state index contributed by atoms with van der Waals surface area (Å²) in [4.78, 5) is 11.6. The zero-order valence-corrected chi connectivity index (χ0v) is 11.9. The highest BCUT2D eigenvalue weighted by atomic mass is 16.5. The van der Waals surface area contributed by atoms with Crippen molar-refractivity contribution >= 4 is 0 Å². The summed E-state index contributed by atoms with van der Waals surface area (Å²) in [5, 5.41) is 13.4. The largest absolute Gasteiger partial charge is 0.496 e. The Morgan fingerprint density at radius 1 is 1.25 bits per heavy atom. The predicted molar refractivity (Wildman–Crippen MR) is 75.7 cm³/mol. The first-order valence-electron chi connectivity index (χ1n) is 6.12. The van der Waals surface area contributed by atoms with E-state index in [1.54, 1.807) is 14.2 Å². The summed E-state index contributed by atoms with van der Waals surface area (Å²) in [5.74, 6) is 0.787. The van der Waals surface area contributed by atoms with E-state index in [1.165, 1.54) is 10.7 Å². The smallest absolute Gasteiger partial charge is 0.267 e. The second-order valence-electron chi connectivity index (χ2n) is 4.62. The van der Waals surface area contributed by atoms with Gasteiger partial charge in [0.2, 0.25) is 0 Å². The maximum Gasteiger partial charge on any atom is 0.267 e. The fourth-order valence-corrected chi connectivity index (χ4v) is 2.09. The number of hydrogen-bond donors (Lipinski definition) is 0. The zero-order valence-electron chi connectivity index (χ0n) is 11.9. The number of hydrogen-bond acceptors (Lipinski definition) is 4. The van der Waals surface area contributed by atoms with Gasteiger partial charge in [0, 0.05) is 18.7 Å². The van der Waals surface area contributed by atoms with Gasteiger partial charge in [0.15, 0.2) is 0 Å². The van der Waals surface area contributed by atoms with Crippen LogP contribution in [0.2, 0.25) is 0 Å². The molecule has 1 aromatic heterocycles.